The summed E-state index contributed by atoms with van der Waals surface area (Å²) in [5.74, 6) is 2.15. The molecule has 0 saturated carbocycles. The van der Waals surface area contributed by atoms with Gasteiger partial charge in [0, 0.05) is 24.3 Å². The van der Waals surface area contributed by atoms with Gasteiger partial charge in [0.2, 0.25) is 5.88 Å². The quantitative estimate of drug-likeness (QED) is 0.777. The number of imidazole rings is 1. The van der Waals surface area contributed by atoms with Crippen LogP contribution in [-0.2, 0) is 0 Å². The summed E-state index contributed by atoms with van der Waals surface area (Å²) >= 11 is 0. The fourth-order valence-corrected chi connectivity index (χ4v) is 3.16. The molecule has 25 heavy (non-hydrogen) atoms. The molecule has 8 heteroatoms. The molecule has 1 N–H and O–H groups in total. The highest BCUT2D eigenvalue weighted by Gasteiger charge is 2.23. The lowest BCUT2D eigenvalue weighted by atomic mass is 9.98. The predicted molar refractivity (Wildman–Crippen MR) is 93.6 cm³/mol. The molecule has 1 aliphatic rings. The number of ether oxygens (including phenoxy) is 1. The van der Waals surface area contributed by atoms with Gasteiger partial charge >= 0.3 is 0 Å². The Hall–Kier alpha value is -2.77. The molecule has 1 aliphatic heterocycles. The van der Waals surface area contributed by atoms with Crippen molar-refractivity contribution in [2.75, 3.05) is 24.6 Å². The van der Waals surface area contributed by atoms with Crippen LogP contribution in [-0.4, -0.2) is 49.6 Å². The molecule has 3 aromatic heterocycles. The van der Waals surface area contributed by atoms with E-state index in [4.69, 9.17) is 4.74 Å². The first-order valence-electron chi connectivity index (χ1n) is 8.52. The predicted octanol–water partition coefficient (Wildman–Crippen LogP) is 2.06. The first-order valence-corrected chi connectivity index (χ1v) is 8.52. The zero-order valence-electron chi connectivity index (χ0n) is 14.4. The van der Waals surface area contributed by atoms with E-state index in [0.29, 0.717) is 24.1 Å². The van der Waals surface area contributed by atoms with Crippen molar-refractivity contribution in [3.05, 3.63) is 30.2 Å². The first kappa shape index (κ1) is 15.7. The summed E-state index contributed by atoms with van der Waals surface area (Å²) < 4.78 is 5.94. The van der Waals surface area contributed by atoms with Crippen molar-refractivity contribution < 1.29 is 4.74 Å². The zero-order chi connectivity index (χ0) is 17.2. The Labute approximate surface area is 145 Å². The smallest absolute Gasteiger partial charge is 0.219 e. The number of anilines is 1. The third-order valence-corrected chi connectivity index (χ3v) is 4.86. The van der Waals surface area contributed by atoms with Gasteiger partial charge in [0.25, 0.3) is 0 Å². The van der Waals surface area contributed by atoms with E-state index in [1.54, 1.807) is 19.0 Å². The molecular formula is C17H21N7O. The van der Waals surface area contributed by atoms with E-state index in [1.165, 1.54) is 0 Å². The minimum atomic E-state index is 0.519. The molecule has 8 nitrogen and oxygen atoms in total. The molecule has 0 aromatic carbocycles. The molecule has 0 bridgehead atoms. The molecular weight excluding hydrogens is 318 g/mol. The van der Waals surface area contributed by atoms with Gasteiger partial charge < -0.3 is 14.6 Å². The third-order valence-electron chi connectivity index (χ3n) is 4.86. The number of aryl methyl sites for hydroxylation is 1. The lowest BCUT2D eigenvalue weighted by molar-refractivity contribution is 0.214. The Morgan fingerprint density at radius 1 is 1.08 bits per heavy atom. The molecule has 4 heterocycles. The average Bonchev–Trinajstić information content (AvgIpc) is 3.12. The van der Waals surface area contributed by atoms with Gasteiger partial charge in [0.15, 0.2) is 11.5 Å². The van der Waals surface area contributed by atoms with Crippen LogP contribution in [0.4, 0.5) is 5.82 Å². The van der Waals surface area contributed by atoms with Gasteiger partial charge in [-0.3, -0.25) is 0 Å². The highest BCUT2D eigenvalue weighted by atomic mass is 16.5. The fraction of sp³-hybridized carbons (Fsp3) is 0.471. The normalized spacial score (nSPS) is 15.7. The van der Waals surface area contributed by atoms with Crippen molar-refractivity contribution in [1.29, 1.82) is 0 Å². The van der Waals surface area contributed by atoms with E-state index in [-0.39, 0.29) is 0 Å². The third kappa shape index (κ3) is 3.11. The van der Waals surface area contributed by atoms with Gasteiger partial charge in [-0.15, -0.1) is 0 Å². The van der Waals surface area contributed by atoms with E-state index in [9.17, 15) is 0 Å². The van der Waals surface area contributed by atoms with Crippen LogP contribution in [0, 0.1) is 19.8 Å². The summed E-state index contributed by atoms with van der Waals surface area (Å²) in [5.41, 5.74) is 3.60. The second kappa shape index (κ2) is 6.62. The Morgan fingerprint density at radius 2 is 1.88 bits per heavy atom. The Balaban J connectivity index is 1.37. The van der Waals surface area contributed by atoms with Crippen LogP contribution in [0.25, 0.3) is 11.2 Å². The number of H-pyrrole nitrogens is 1. The standard InChI is InChI=1S/C17H21N7O/c1-11-12(2)18-8-23-17(11)25-7-13-3-5-24(6-4-13)16-14-15(20-9-19-14)21-10-22-16/h8-10,13H,3-7H2,1-2H3,(H,19,20,21,22). The maximum atomic E-state index is 5.94. The van der Waals surface area contributed by atoms with Crippen LogP contribution >= 0.6 is 0 Å². The minimum absolute atomic E-state index is 0.519. The van der Waals surface area contributed by atoms with Crippen molar-refractivity contribution in [2.45, 2.75) is 26.7 Å². The van der Waals surface area contributed by atoms with Gasteiger partial charge in [-0.2, -0.15) is 0 Å². The van der Waals surface area contributed by atoms with E-state index in [2.05, 4.69) is 34.8 Å². The Kier molecular flexibility index (Phi) is 4.17. The first-order chi connectivity index (χ1) is 12.2. The monoisotopic (exact) mass is 339 g/mol. The molecule has 1 fully saturated rings. The van der Waals surface area contributed by atoms with Gasteiger partial charge in [0.1, 0.15) is 18.2 Å². The molecule has 130 valence electrons. The molecule has 0 unspecified atom stereocenters. The van der Waals surface area contributed by atoms with Crippen molar-refractivity contribution in [1.82, 2.24) is 29.9 Å². The molecule has 0 aliphatic carbocycles. The summed E-state index contributed by atoms with van der Waals surface area (Å²) in [5, 5.41) is 0. The maximum Gasteiger partial charge on any atom is 0.219 e. The molecule has 0 spiro atoms. The van der Waals surface area contributed by atoms with Crippen molar-refractivity contribution >= 4 is 17.0 Å². The zero-order valence-corrected chi connectivity index (χ0v) is 14.4. The number of fused-ring (bicyclic) bond motifs is 1. The van der Waals surface area contributed by atoms with Gasteiger partial charge in [-0.05, 0) is 32.6 Å². The van der Waals surface area contributed by atoms with Crippen LogP contribution in [0.3, 0.4) is 0 Å². The summed E-state index contributed by atoms with van der Waals surface area (Å²) in [6.07, 6.45) is 6.92. The number of hydrogen-bond acceptors (Lipinski definition) is 7. The van der Waals surface area contributed by atoms with Gasteiger partial charge in [-0.25, -0.2) is 24.9 Å². The lowest BCUT2D eigenvalue weighted by Gasteiger charge is -2.32. The molecule has 3 aromatic rings. The van der Waals surface area contributed by atoms with Crippen LogP contribution in [0.1, 0.15) is 24.1 Å². The highest BCUT2D eigenvalue weighted by Crippen LogP contribution is 2.26. The number of hydrogen-bond donors (Lipinski definition) is 1. The Morgan fingerprint density at radius 3 is 2.72 bits per heavy atom. The van der Waals surface area contributed by atoms with Gasteiger partial charge in [-0.1, -0.05) is 0 Å². The van der Waals surface area contributed by atoms with Crippen LogP contribution in [0.15, 0.2) is 19.0 Å². The van der Waals surface area contributed by atoms with Crippen LogP contribution in [0.2, 0.25) is 0 Å². The van der Waals surface area contributed by atoms with Crippen LogP contribution in [0.5, 0.6) is 5.88 Å². The second-order valence-electron chi connectivity index (χ2n) is 6.43. The average molecular weight is 339 g/mol. The molecule has 0 amide bonds. The second-order valence-corrected chi connectivity index (χ2v) is 6.43. The summed E-state index contributed by atoms with van der Waals surface area (Å²) in [7, 11) is 0. The minimum Gasteiger partial charge on any atom is -0.477 e. The van der Waals surface area contributed by atoms with E-state index < -0.39 is 0 Å². The van der Waals surface area contributed by atoms with E-state index in [0.717, 1.165) is 48.5 Å². The molecule has 1 saturated heterocycles. The molecule has 4 rings (SSSR count). The van der Waals surface area contributed by atoms with Crippen molar-refractivity contribution in [2.24, 2.45) is 5.92 Å². The largest absolute Gasteiger partial charge is 0.477 e. The topological polar surface area (TPSA) is 92.7 Å². The number of aromatic nitrogens is 6. The van der Waals surface area contributed by atoms with Gasteiger partial charge in [0.05, 0.1) is 12.9 Å². The van der Waals surface area contributed by atoms with E-state index >= 15 is 0 Å². The molecule has 0 atom stereocenters. The molecule has 0 radical (unpaired) electrons. The number of rotatable bonds is 4. The SMILES string of the molecule is Cc1ncnc(OCC2CCN(c3ncnc4nc[nH]c34)CC2)c1C. The summed E-state index contributed by atoms with van der Waals surface area (Å²) in [4.78, 5) is 26.7. The Bertz CT molecular complexity index is 870. The van der Waals surface area contributed by atoms with Crippen molar-refractivity contribution in [3.63, 3.8) is 0 Å². The number of piperidine rings is 1. The summed E-state index contributed by atoms with van der Waals surface area (Å²) in [6.45, 7) is 6.55. The number of nitrogens with zero attached hydrogens (tertiary/aromatic N) is 6. The van der Waals surface area contributed by atoms with Crippen LogP contribution < -0.4 is 9.64 Å². The number of aromatic amines is 1. The fourth-order valence-electron chi connectivity index (χ4n) is 3.16. The lowest BCUT2D eigenvalue weighted by Crippen LogP contribution is -2.36. The van der Waals surface area contributed by atoms with Crippen molar-refractivity contribution in [3.8, 4) is 5.88 Å². The number of nitrogens with one attached hydrogen (secondary N) is 1. The summed E-state index contributed by atoms with van der Waals surface area (Å²) in [6, 6.07) is 0. The maximum absolute atomic E-state index is 5.94. The van der Waals surface area contributed by atoms with E-state index in [1.807, 2.05) is 13.8 Å². The highest BCUT2D eigenvalue weighted by molar-refractivity contribution is 5.82.